The second-order valence-electron chi connectivity index (χ2n) is 1.74. The average molecular weight is 148 g/mol. The summed E-state index contributed by atoms with van der Waals surface area (Å²) in [5, 5.41) is 7.87. The molecule has 10 heavy (non-hydrogen) atoms. The smallest absolute Gasteiger partial charge is 0.320 e. The van der Waals surface area contributed by atoms with Crippen molar-refractivity contribution in [3.8, 4) is 0 Å². The molecule has 5 N–H and O–H groups in total. The van der Waals surface area contributed by atoms with Gasteiger partial charge in [0.15, 0.2) is 0 Å². The number of rotatable bonds is 1. The van der Waals surface area contributed by atoms with Gasteiger partial charge in [0.1, 0.15) is 6.04 Å². The Morgan fingerprint density at radius 3 is 1.60 bits per heavy atom. The van der Waals surface area contributed by atoms with Gasteiger partial charge < -0.3 is 16.6 Å². The lowest BCUT2D eigenvalue weighted by molar-refractivity contribution is -0.138. The van der Waals surface area contributed by atoms with E-state index >= 15 is 0 Å². The Labute approximate surface area is 59.0 Å². The zero-order valence-electron chi connectivity index (χ0n) is 6.00. The summed E-state index contributed by atoms with van der Waals surface area (Å²) in [5.41, 5.74) is 9.31. The van der Waals surface area contributed by atoms with Crippen LogP contribution in [0.2, 0.25) is 0 Å². The van der Waals surface area contributed by atoms with Crippen LogP contribution in [0.1, 0.15) is 13.8 Å². The van der Waals surface area contributed by atoms with E-state index < -0.39 is 12.0 Å². The minimum absolute atomic E-state index is 0.333. The topological polar surface area (TPSA) is 106 Å². The minimum atomic E-state index is -0.963. The molecule has 1 amide bonds. The van der Waals surface area contributed by atoms with Crippen LogP contribution in [0.4, 0.5) is 0 Å². The molecule has 0 saturated heterocycles. The van der Waals surface area contributed by atoms with Crippen LogP contribution in [-0.2, 0) is 9.59 Å². The van der Waals surface area contributed by atoms with E-state index in [9.17, 15) is 9.59 Å². The molecule has 60 valence electrons. The summed E-state index contributed by atoms with van der Waals surface area (Å²) in [6.07, 6.45) is 0. The van der Waals surface area contributed by atoms with Gasteiger partial charge in [-0.05, 0) is 6.92 Å². The second-order valence-corrected chi connectivity index (χ2v) is 1.74. The Morgan fingerprint density at radius 1 is 1.50 bits per heavy atom. The highest BCUT2D eigenvalue weighted by molar-refractivity contribution is 5.72. The third-order valence-corrected chi connectivity index (χ3v) is 0.390. The summed E-state index contributed by atoms with van der Waals surface area (Å²) in [7, 11) is 0. The number of carbonyl (C=O) groups excluding carboxylic acids is 1. The summed E-state index contributed by atoms with van der Waals surface area (Å²) in [5.74, 6) is -1.30. The Morgan fingerprint density at radius 2 is 1.60 bits per heavy atom. The van der Waals surface area contributed by atoms with Crippen molar-refractivity contribution in [2.45, 2.75) is 19.9 Å². The maximum Gasteiger partial charge on any atom is 0.320 e. The zero-order chi connectivity index (χ0) is 8.73. The fraction of sp³-hybridized carbons (Fsp3) is 0.600. The molecule has 0 spiro atoms. The van der Waals surface area contributed by atoms with E-state index in [0.717, 1.165) is 0 Å². The van der Waals surface area contributed by atoms with Crippen LogP contribution in [0.15, 0.2) is 0 Å². The molecule has 1 atom stereocenters. The molecule has 5 heteroatoms. The highest BCUT2D eigenvalue weighted by Gasteiger charge is 1.99. The Bertz CT molecular complexity index is 118. The van der Waals surface area contributed by atoms with E-state index in [1.54, 1.807) is 0 Å². The predicted octanol–water partition coefficient (Wildman–Crippen LogP) is -1.09. The molecule has 0 rings (SSSR count). The van der Waals surface area contributed by atoms with Gasteiger partial charge in [-0.2, -0.15) is 0 Å². The van der Waals surface area contributed by atoms with Gasteiger partial charge in [0.05, 0.1) is 0 Å². The molecule has 0 heterocycles. The van der Waals surface area contributed by atoms with Gasteiger partial charge in [0.2, 0.25) is 5.91 Å². The van der Waals surface area contributed by atoms with Crippen LogP contribution in [0.5, 0.6) is 0 Å². The van der Waals surface area contributed by atoms with Crippen molar-refractivity contribution in [3.05, 3.63) is 0 Å². The largest absolute Gasteiger partial charge is 0.480 e. The van der Waals surface area contributed by atoms with Gasteiger partial charge in [0, 0.05) is 6.92 Å². The molecule has 5 nitrogen and oxygen atoms in total. The third kappa shape index (κ3) is 28.6. The number of amides is 1. The summed E-state index contributed by atoms with van der Waals surface area (Å²) in [6, 6.07) is -0.731. The van der Waals surface area contributed by atoms with Crippen molar-refractivity contribution in [1.29, 1.82) is 0 Å². The number of carboxylic acid groups (broad SMARTS) is 1. The molecular weight excluding hydrogens is 136 g/mol. The van der Waals surface area contributed by atoms with Gasteiger partial charge in [-0.1, -0.05) is 0 Å². The number of carboxylic acids is 1. The van der Waals surface area contributed by atoms with Crippen molar-refractivity contribution < 1.29 is 14.7 Å². The monoisotopic (exact) mass is 148 g/mol. The van der Waals surface area contributed by atoms with E-state index in [0.29, 0.717) is 0 Å². The normalized spacial score (nSPS) is 10.7. The predicted molar refractivity (Wildman–Crippen MR) is 36.2 cm³/mol. The first-order valence-electron chi connectivity index (χ1n) is 2.62. The fourth-order valence-electron chi connectivity index (χ4n) is 0. The molecule has 0 aliphatic rings. The van der Waals surface area contributed by atoms with E-state index in [4.69, 9.17) is 10.8 Å². The summed E-state index contributed by atoms with van der Waals surface area (Å²) >= 11 is 0. The quantitative estimate of drug-likeness (QED) is 0.439. The molecule has 0 aromatic heterocycles. The maximum absolute atomic E-state index is 9.57. The first-order chi connectivity index (χ1) is 4.37. The lowest BCUT2D eigenvalue weighted by Crippen LogP contribution is -2.25. The lowest BCUT2D eigenvalue weighted by Gasteiger charge is -1.90. The highest BCUT2D eigenvalue weighted by atomic mass is 16.4. The molecule has 0 aliphatic heterocycles. The van der Waals surface area contributed by atoms with Gasteiger partial charge in [-0.3, -0.25) is 9.59 Å². The lowest BCUT2D eigenvalue weighted by atomic mass is 10.4. The van der Waals surface area contributed by atoms with Gasteiger partial charge in [-0.15, -0.1) is 0 Å². The molecule has 0 aromatic carbocycles. The number of hydrogen-bond donors (Lipinski definition) is 3. The molecule has 1 unspecified atom stereocenters. The zero-order valence-corrected chi connectivity index (χ0v) is 6.00. The molecule has 0 aromatic rings. The number of primary amides is 1. The SMILES string of the molecule is CC(N)=O.CC(N)C(=O)O. The van der Waals surface area contributed by atoms with E-state index in [2.05, 4.69) is 5.73 Å². The molecule has 0 aliphatic carbocycles. The maximum atomic E-state index is 9.57. The van der Waals surface area contributed by atoms with Crippen LogP contribution in [0, 0.1) is 0 Å². The Kier molecular flexibility index (Phi) is 7.03. The van der Waals surface area contributed by atoms with E-state index in [1.165, 1.54) is 13.8 Å². The van der Waals surface area contributed by atoms with Crippen LogP contribution in [0.3, 0.4) is 0 Å². The standard InChI is InChI=1S/C3H7NO2.C2H5NO/c1-2(4)3(5)6;1-2(3)4/h2H,4H2,1H3,(H,5,6);1H3,(H2,3,4). The van der Waals surface area contributed by atoms with Crippen LogP contribution in [0.25, 0.3) is 0 Å². The third-order valence-electron chi connectivity index (χ3n) is 0.390. The molecule has 0 radical (unpaired) electrons. The van der Waals surface area contributed by atoms with Crippen molar-refractivity contribution in [2.75, 3.05) is 0 Å². The second kappa shape index (κ2) is 6.03. The van der Waals surface area contributed by atoms with Crippen molar-refractivity contribution in [1.82, 2.24) is 0 Å². The van der Waals surface area contributed by atoms with Gasteiger partial charge >= 0.3 is 5.97 Å². The van der Waals surface area contributed by atoms with Gasteiger partial charge in [0.25, 0.3) is 0 Å². The van der Waals surface area contributed by atoms with Crippen molar-refractivity contribution in [2.24, 2.45) is 11.5 Å². The number of aliphatic carboxylic acids is 1. The fourth-order valence-corrected chi connectivity index (χ4v) is 0. The summed E-state index contributed by atoms with van der Waals surface area (Å²) in [6.45, 7) is 2.72. The average Bonchev–Trinajstić information content (AvgIpc) is 1.63. The van der Waals surface area contributed by atoms with Gasteiger partial charge in [-0.25, -0.2) is 0 Å². The molecular formula is C5H12N2O3. The summed E-state index contributed by atoms with van der Waals surface area (Å²) < 4.78 is 0. The molecule has 0 bridgehead atoms. The van der Waals surface area contributed by atoms with E-state index in [1.807, 2.05) is 0 Å². The number of nitrogens with two attached hydrogens (primary N) is 2. The highest BCUT2D eigenvalue weighted by Crippen LogP contribution is 1.68. The first-order valence-corrected chi connectivity index (χ1v) is 2.62. The number of carbonyl (C=O) groups is 2. The number of hydrogen-bond acceptors (Lipinski definition) is 3. The van der Waals surface area contributed by atoms with Crippen LogP contribution < -0.4 is 11.5 Å². The van der Waals surface area contributed by atoms with Crippen LogP contribution >= 0.6 is 0 Å². The van der Waals surface area contributed by atoms with Crippen LogP contribution in [-0.4, -0.2) is 23.0 Å². The Balaban J connectivity index is 0. The molecule has 0 fully saturated rings. The van der Waals surface area contributed by atoms with E-state index in [-0.39, 0.29) is 5.91 Å². The Hall–Kier alpha value is -1.10. The molecule has 0 saturated carbocycles. The first kappa shape index (κ1) is 11.7. The summed E-state index contributed by atoms with van der Waals surface area (Å²) in [4.78, 5) is 18.8. The minimum Gasteiger partial charge on any atom is -0.480 e. The van der Waals surface area contributed by atoms with Crippen molar-refractivity contribution >= 4 is 11.9 Å². The van der Waals surface area contributed by atoms with Crippen molar-refractivity contribution in [3.63, 3.8) is 0 Å².